The zero-order valence-corrected chi connectivity index (χ0v) is 9.64. The van der Waals surface area contributed by atoms with Crippen LogP contribution in [0.15, 0.2) is 4.52 Å². The maximum atomic E-state index is 11.0. The van der Waals surface area contributed by atoms with Gasteiger partial charge in [0.15, 0.2) is 5.82 Å². The van der Waals surface area contributed by atoms with Gasteiger partial charge < -0.3 is 19.7 Å². The third-order valence-electron chi connectivity index (χ3n) is 2.74. The van der Waals surface area contributed by atoms with Crippen LogP contribution in [0.2, 0.25) is 0 Å². The summed E-state index contributed by atoms with van der Waals surface area (Å²) in [7, 11) is 1.34. The second-order valence-electron chi connectivity index (χ2n) is 4.05. The van der Waals surface area contributed by atoms with E-state index in [0.717, 1.165) is 0 Å². The highest BCUT2D eigenvalue weighted by atomic mass is 16.5. The molecular formula is C10H15N3O4. The molecule has 0 saturated carbocycles. The minimum atomic E-state index is -0.660. The smallest absolute Gasteiger partial charge is 0.306 e. The van der Waals surface area contributed by atoms with E-state index in [1.165, 1.54) is 7.11 Å². The maximum absolute atomic E-state index is 11.0. The summed E-state index contributed by atoms with van der Waals surface area (Å²) in [5, 5.41) is 3.83. The zero-order chi connectivity index (χ0) is 12.3. The lowest BCUT2D eigenvalue weighted by atomic mass is 10.00. The number of aryl methyl sites for hydroxylation is 1. The van der Waals surface area contributed by atoms with Gasteiger partial charge in [-0.15, -0.1) is 0 Å². The Bertz CT molecular complexity index is 398. The molecule has 1 atom stereocenters. The van der Waals surface area contributed by atoms with Gasteiger partial charge in [0.05, 0.1) is 20.1 Å². The number of hydrogen-bond donors (Lipinski definition) is 1. The molecule has 0 aliphatic carbocycles. The highest BCUT2D eigenvalue weighted by Gasteiger charge is 2.37. The van der Waals surface area contributed by atoms with E-state index in [2.05, 4.69) is 14.9 Å². The normalized spacial score (nSPS) is 23.9. The Morgan fingerprint density at radius 3 is 3.12 bits per heavy atom. The summed E-state index contributed by atoms with van der Waals surface area (Å²) in [6, 6.07) is 0. The van der Waals surface area contributed by atoms with Gasteiger partial charge in [0, 0.05) is 13.0 Å². The molecule has 0 radical (unpaired) electrons. The Hall–Kier alpha value is -1.47. The minimum absolute atomic E-state index is 0.214. The second-order valence-corrected chi connectivity index (χ2v) is 4.05. The molecule has 2 heterocycles. The first kappa shape index (κ1) is 12.0. The van der Waals surface area contributed by atoms with Gasteiger partial charge >= 0.3 is 5.97 Å². The summed E-state index contributed by atoms with van der Waals surface area (Å²) in [6.07, 6.45) is 1.24. The Balaban J connectivity index is 1.98. The molecule has 1 aromatic heterocycles. The van der Waals surface area contributed by atoms with Crippen molar-refractivity contribution in [3.8, 4) is 0 Å². The predicted octanol–water partition coefficient (Wildman–Crippen LogP) is -0.250. The topological polar surface area (TPSA) is 100 Å². The van der Waals surface area contributed by atoms with Crippen LogP contribution in [0.3, 0.4) is 0 Å². The van der Waals surface area contributed by atoms with Crippen LogP contribution in [0.4, 0.5) is 0 Å². The predicted molar refractivity (Wildman–Crippen MR) is 55.9 cm³/mol. The second kappa shape index (κ2) is 4.80. The number of aromatic nitrogens is 2. The largest absolute Gasteiger partial charge is 0.469 e. The van der Waals surface area contributed by atoms with Gasteiger partial charge in [-0.25, -0.2) is 0 Å². The van der Waals surface area contributed by atoms with Crippen molar-refractivity contribution in [3.05, 3.63) is 11.7 Å². The van der Waals surface area contributed by atoms with E-state index in [9.17, 15) is 4.79 Å². The Morgan fingerprint density at radius 1 is 1.65 bits per heavy atom. The Kier molecular flexibility index (Phi) is 3.39. The van der Waals surface area contributed by atoms with Crippen LogP contribution < -0.4 is 5.73 Å². The molecule has 0 aromatic carbocycles. The monoisotopic (exact) mass is 241 g/mol. The minimum Gasteiger partial charge on any atom is -0.469 e. The van der Waals surface area contributed by atoms with Crippen LogP contribution in [0.25, 0.3) is 0 Å². The van der Waals surface area contributed by atoms with Crippen molar-refractivity contribution in [1.82, 2.24) is 10.1 Å². The summed E-state index contributed by atoms with van der Waals surface area (Å²) in [6.45, 7) is 0.992. The van der Waals surface area contributed by atoms with Crippen LogP contribution in [0.5, 0.6) is 0 Å². The van der Waals surface area contributed by atoms with Gasteiger partial charge in [0.25, 0.3) is 0 Å². The first-order valence-electron chi connectivity index (χ1n) is 5.40. The third kappa shape index (κ3) is 2.62. The molecule has 0 bridgehead atoms. The van der Waals surface area contributed by atoms with E-state index in [4.69, 9.17) is 15.0 Å². The highest BCUT2D eigenvalue weighted by Crippen LogP contribution is 2.25. The number of nitrogens with two attached hydrogens (primary N) is 1. The van der Waals surface area contributed by atoms with E-state index in [0.29, 0.717) is 37.8 Å². The van der Waals surface area contributed by atoms with Crippen molar-refractivity contribution >= 4 is 5.97 Å². The molecule has 1 aliphatic rings. The molecule has 1 unspecified atom stereocenters. The molecule has 0 amide bonds. The molecule has 17 heavy (non-hydrogen) atoms. The van der Waals surface area contributed by atoms with Gasteiger partial charge in [0.2, 0.25) is 5.89 Å². The van der Waals surface area contributed by atoms with E-state index >= 15 is 0 Å². The van der Waals surface area contributed by atoms with Crippen LogP contribution in [-0.4, -0.2) is 36.4 Å². The first-order valence-corrected chi connectivity index (χ1v) is 5.40. The summed E-state index contributed by atoms with van der Waals surface area (Å²) < 4.78 is 14.8. The molecule has 2 N–H and O–H groups in total. The van der Waals surface area contributed by atoms with Gasteiger partial charge in [0.1, 0.15) is 5.54 Å². The summed E-state index contributed by atoms with van der Waals surface area (Å²) >= 11 is 0. The van der Waals surface area contributed by atoms with Gasteiger partial charge in [-0.3, -0.25) is 4.79 Å². The van der Waals surface area contributed by atoms with Crippen molar-refractivity contribution in [2.45, 2.75) is 24.8 Å². The first-order chi connectivity index (χ1) is 8.14. The van der Waals surface area contributed by atoms with Crippen LogP contribution >= 0.6 is 0 Å². The van der Waals surface area contributed by atoms with E-state index in [1.54, 1.807) is 0 Å². The standard InChI is InChI=1S/C10H15N3O4/c1-15-8(14)3-2-7-12-9(13-17-7)10(11)4-5-16-6-10/h2-6,11H2,1H3. The van der Waals surface area contributed by atoms with Gasteiger partial charge in [-0.2, -0.15) is 4.98 Å². The van der Waals surface area contributed by atoms with E-state index in [-0.39, 0.29) is 12.4 Å². The fourth-order valence-corrected chi connectivity index (χ4v) is 1.63. The zero-order valence-electron chi connectivity index (χ0n) is 9.64. The SMILES string of the molecule is COC(=O)CCc1nc(C2(N)CCOC2)no1. The number of hydrogen-bond acceptors (Lipinski definition) is 7. The fourth-order valence-electron chi connectivity index (χ4n) is 1.63. The van der Waals surface area contributed by atoms with Crippen molar-refractivity contribution in [3.63, 3.8) is 0 Å². The average molecular weight is 241 g/mol. The van der Waals surface area contributed by atoms with Gasteiger partial charge in [-0.1, -0.05) is 5.16 Å². The van der Waals surface area contributed by atoms with E-state index in [1.807, 2.05) is 0 Å². The molecule has 1 saturated heterocycles. The van der Waals surface area contributed by atoms with Crippen LogP contribution in [0.1, 0.15) is 24.6 Å². The molecule has 7 heteroatoms. The summed E-state index contributed by atoms with van der Waals surface area (Å²) in [5.41, 5.74) is 5.41. The summed E-state index contributed by atoms with van der Waals surface area (Å²) in [4.78, 5) is 15.1. The molecule has 1 aromatic rings. The third-order valence-corrected chi connectivity index (χ3v) is 2.74. The molecule has 1 aliphatic heterocycles. The van der Waals surface area contributed by atoms with Crippen molar-refractivity contribution in [2.24, 2.45) is 5.73 Å². The molecule has 2 rings (SSSR count). The number of rotatable bonds is 4. The van der Waals surface area contributed by atoms with Gasteiger partial charge in [-0.05, 0) is 6.42 Å². The maximum Gasteiger partial charge on any atom is 0.306 e. The lowest BCUT2D eigenvalue weighted by Gasteiger charge is -2.15. The van der Waals surface area contributed by atoms with Crippen LogP contribution in [0, 0.1) is 0 Å². The summed E-state index contributed by atoms with van der Waals surface area (Å²) in [5.74, 6) is 0.522. The molecule has 7 nitrogen and oxygen atoms in total. The van der Waals surface area contributed by atoms with Crippen LogP contribution in [-0.2, 0) is 26.2 Å². The Labute approximate surface area is 98.3 Å². The molecule has 0 spiro atoms. The number of carbonyl (C=O) groups is 1. The van der Waals surface area contributed by atoms with Crippen molar-refractivity contribution in [2.75, 3.05) is 20.3 Å². The quantitative estimate of drug-likeness (QED) is 0.725. The number of carbonyl (C=O) groups excluding carboxylic acids is 1. The van der Waals surface area contributed by atoms with Crippen molar-refractivity contribution < 1.29 is 18.8 Å². The Morgan fingerprint density at radius 2 is 2.47 bits per heavy atom. The molecule has 1 fully saturated rings. The number of methoxy groups -OCH3 is 1. The molecular weight excluding hydrogens is 226 g/mol. The average Bonchev–Trinajstić information content (AvgIpc) is 2.95. The fraction of sp³-hybridized carbons (Fsp3) is 0.700. The number of nitrogens with zero attached hydrogens (tertiary/aromatic N) is 2. The van der Waals surface area contributed by atoms with E-state index < -0.39 is 5.54 Å². The lowest BCUT2D eigenvalue weighted by molar-refractivity contribution is -0.140. The highest BCUT2D eigenvalue weighted by molar-refractivity contribution is 5.69. The lowest BCUT2D eigenvalue weighted by Crippen LogP contribution is -2.38. The molecule has 94 valence electrons. The van der Waals surface area contributed by atoms with Crippen molar-refractivity contribution in [1.29, 1.82) is 0 Å². The number of ether oxygens (including phenoxy) is 2. The number of esters is 1.